The van der Waals surface area contributed by atoms with Gasteiger partial charge in [-0.25, -0.2) is 14.8 Å². The third kappa shape index (κ3) is 5.37. The van der Waals surface area contributed by atoms with Crippen molar-refractivity contribution >= 4 is 17.7 Å². The third-order valence-electron chi connectivity index (χ3n) is 7.62. The number of anilines is 2. The molecule has 2 amide bonds. The number of carbonyl (C=O) groups excluding carboxylic acids is 1. The van der Waals surface area contributed by atoms with E-state index in [0.29, 0.717) is 11.9 Å². The molecule has 1 unspecified atom stereocenters. The fraction of sp³-hybridized carbons (Fsp3) is 0.500. The van der Waals surface area contributed by atoms with Crippen LogP contribution in [0.2, 0.25) is 0 Å². The van der Waals surface area contributed by atoms with Crippen LogP contribution < -0.4 is 10.6 Å². The molecule has 0 bridgehead atoms. The number of carbonyl (C=O) groups is 1. The molecule has 0 radical (unpaired) electrons. The number of nitrogens with one attached hydrogen (secondary N) is 2. The Balaban J connectivity index is 1.32. The van der Waals surface area contributed by atoms with E-state index in [1.807, 2.05) is 24.2 Å². The summed E-state index contributed by atoms with van der Waals surface area (Å²) in [5, 5.41) is 10.8. The van der Waals surface area contributed by atoms with Gasteiger partial charge in [0.05, 0.1) is 23.6 Å². The number of aromatic nitrogens is 4. The minimum atomic E-state index is 0.0472. The molecular formula is C28H37N7O. The van der Waals surface area contributed by atoms with Crippen molar-refractivity contribution in [2.24, 2.45) is 18.4 Å². The molecule has 1 aliphatic heterocycles. The maximum atomic E-state index is 13.2. The zero-order valence-corrected chi connectivity index (χ0v) is 21.8. The van der Waals surface area contributed by atoms with E-state index in [9.17, 15) is 4.79 Å². The third-order valence-corrected chi connectivity index (χ3v) is 7.62. The monoisotopic (exact) mass is 487 g/mol. The van der Waals surface area contributed by atoms with Crippen LogP contribution in [0.1, 0.15) is 63.6 Å². The molecule has 8 nitrogen and oxygen atoms in total. The van der Waals surface area contributed by atoms with Crippen LogP contribution in [0.5, 0.6) is 0 Å². The Morgan fingerprint density at radius 3 is 2.75 bits per heavy atom. The number of hydrogen-bond donors (Lipinski definition) is 2. The van der Waals surface area contributed by atoms with Crippen LogP contribution in [0.3, 0.4) is 0 Å². The minimum Gasteiger partial charge on any atom is -0.331 e. The fourth-order valence-corrected chi connectivity index (χ4v) is 5.38. The first kappa shape index (κ1) is 24.3. The second-order valence-corrected chi connectivity index (χ2v) is 11.3. The Kier molecular flexibility index (Phi) is 6.69. The highest BCUT2D eigenvalue weighted by Crippen LogP contribution is 2.35. The van der Waals surface area contributed by atoms with Gasteiger partial charge in [-0.05, 0) is 60.3 Å². The van der Waals surface area contributed by atoms with E-state index >= 15 is 0 Å². The molecule has 5 rings (SSSR count). The first-order chi connectivity index (χ1) is 17.3. The number of hydrogen-bond acceptors (Lipinski definition) is 5. The Labute approximate surface area is 213 Å². The van der Waals surface area contributed by atoms with Gasteiger partial charge in [-0.2, -0.15) is 5.10 Å². The average Bonchev–Trinajstić information content (AvgIpc) is 3.46. The largest absolute Gasteiger partial charge is 0.331 e. The van der Waals surface area contributed by atoms with Crippen LogP contribution in [-0.2, 0) is 13.5 Å². The van der Waals surface area contributed by atoms with Crippen molar-refractivity contribution in [1.29, 1.82) is 0 Å². The van der Waals surface area contributed by atoms with Gasteiger partial charge in [0.25, 0.3) is 0 Å². The molecule has 8 heteroatoms. The van der Waals surface area contributed by atoms with Crippen LogP contribution in [0.25, 0.3) is 11.3 Å². The molecule has 36 heavy (non-hydrogen) atoms. The van der Waals surface area contributed by atoms with Gasteiger partial charge in [0.15, 0.2) is 0 Å². The number of nitrogens with zero attached hydrogens (tertiary/aromatic N) is 5. The predicted octanol–water partition coefficient (Wildman–Crippen LogP) is 5.47. The maximum Gasteiger partial charge on any atom is 0.317 e. The summed E-state index contributed by atoms with van der Waals surface area (Å²) in [7, 11) is 1.88. The Morgan fingerprint density at radius 2 is 2.00 bits per heavy atom. The van der Waals surface area contributed by atoms with Gasteiger partial charge in [-0.1, -0.05) is 39.3 Å². The normalized spacial score (nSPS) is 20.1. The zero-order chi connectivity index (χ0) is 25.3. The topological polar surface area (TPSA) is 88.0 Å². The lowest BCUT2D eigenvalue weighted by Crippen LogP contribution is -2.41. The van der Waals surface area contributed by atoms with E-state index in [0.717, 1.165) is 62.1 Å². The maximum absolute atomic E-state index is 13.2. The molecular weight excluding hydrogens is 450 g/mol. The van der Waals surface area contributed by atoms with E-state index in [4.69, 9.17) is 4.98 Å². The lowest BCUT2D eigenvalue weighted by atomic mass is 9.80. The van der Waals surface area contributed by atoms with Crippen LogP contribution in [-0.4, -0.2) is 43.8 Å². The Morgan fingerprint density at radius 1 is 1.14 bits per heavy atom. The summed E-state index contributed by atoms with van der Waals surface area (Å²) in [6.45, 7) is 8.50. The molecule has 190 valence electrons. The van der Waals surface area contributed by atoms with E-state index in [-0.39, 0.29) is 17.5 Å². The number of rotatable bonds is 4. The van der Waals surface area contributed by atoms with Crippen LogP contribution in [0, 0.1) is 11.3 Å². The van der Waals surface area contributed by atoms with Crippen molar-refractivity contribution in [3.63, 3.8) is 0 Å². The second kappa shape index (κ2) is 9.91. The number of aryl methyl sites for hydroxylation is 2. The number of benzene rings is 1. The highest BCUT2D eigenvalue weighted by Gasteiger charge is 2.34. The lowest BCUT2D eigenvalue weighted by Gasteiger charge is -2.28. The smallest absolute Gasteiger partial charge is 0.317 e. The van der Waals surface area contributed by atoms with Gasteiger partial charge in [0, 0.05) is 38.1 Å². The molecule has 1 fully saturated rings. The number of amides is 2. The lowest BCUT2D eigenvalue weighted by molar-refractivity contribution is 0.192. The molecule has 1 saturated heterocycles. The van der Waals surface area contributed by atoms with Crippen LogP contribution in [0.4, 0.5) is 16.4 Å². The Bertz CT molecular complexity index is 1230. The molecule has 0 spiro atoms. The fourth-order valence-electron chi connectivity index (χ4n) is 5.38. The molecule has 1 aromatic carbocycles. The molecule has 0 saturated carbocycles. The summed E-state index contributed by atoms with van der Waals surface area (Å²) in [5.41, 5.74) is 5.54. The molecule has 1 aliphatic carbocycles. The molecule has 3 aromatic rings. The van der Waals surface area contributed by atoms with Gasteiger partial charge < -0.3 is 15.5 Å². The Hall–Kier alpha value is -3.42. The van der Waals surface area contributed by atoms with E-state index in [1.54, 1.807) is 17.1 Å². The zero-order valence-electron chi connectivity index (χ0n) is 21.8. The van der Waals surface area contributed by atoms with Gasteiger partial charge in [-0.15, -0.1) is 0 Å². The van der Waals surface area contributed by atoms with Crippen molar-refractivity contribution in [2.75, 3.05) is 18.4 Å². The SMILES string of the molecule is Cn1cc(Nc2nccc(-c3ccc4c(c3)CCCCC4NC(=O)N3CC[C@@H](C(C)(C)C)C3)n2)cn1. The van der Waals surface area contributed by atoms with E-state index in [1.165, 1.54) is 11.1 Å². The summed E-state index contributed by atoms with van der Waals surface area (Å²) >= 11 is 0. The van der Waals surface area contributed by atoms with Gasteiger partial charge in [0.2, 0.25) is 5.95 Å². The van der Waals surface area contributed by atoms with Crippen molar-refractivity contribution in [1.82, 2.24) is 30.0 Å². The average molecular weight is 488 g/mol. The molecule has 2 aliphatic rings. The van der Waals surface area contributed by atoms with Gasteiger partial charge in [-0.3, -0.25) is 4.68 Å². The van der Waals surface area contributed by atoms with Gasteiger partial charge >= 0.3 is 6.03 Å². The van der Waals surface area contributed by atoms with Crippen molar-refractivity contribution in [3.8, 4) is 11.3 Å². The number of urea groups is 1. The quantitative estimate of drug-likeness (QED) is 0.477. The van der Waals surface area contributed by atoms with Crippen LogP contribution >= 0.6 is 0 Å². The predicted molar refractivity (Wildman–Crippen MR) is 142 cm³/mol. The summed E-state index contributed by atoms with van der Waals surface area (Å²) in [5.74, 6) is 1.09. The molecule has 3 heterocycles. The summed E-state index contributed by atoms with van der Waals surface area (Å²) in [6, 6.07) is 8.59. The summed E-state index contributed by atoms with van der Waals surface area (Å²) in [4.78, 5) is 24.3. The van der Waals surface area contributed by atoms with Crippen LogP contribution in [0.15, 0.2) is 42.9 Å². The van der Waals surface area contributed by atoms with E-state index < -0.39 is 0 Å². The first-order valence-corrected chi connectivity index (χ1v) is 13.0. The molecule has 2 atom stereocenters. The first-order valence-electron chi connectivity index (χ1n) is 13.0. The molecule has 2 N–H and O–H groups in total. The molecule has 2 aromatic heterocycles. The standard InChI is InChI=1S/C28H37N7O/c1-28(2,3)21-12-14-35(17-21)27(36)33-25-8-6-5-7-19-15-20(9-10-23(19)25)24-11-13-29-26(32-24)31-22-16-30-34(4)18-22/h9-11,13,15-16,18,21,25H,5-8,12,14,17H2,1-4H3,(H,33,36)(H,29,31,32)/t21-,25?/m1/s1. The van der Waals surface area contributed by atoms with Crippen molar-refractivity contribution < 1.29 is 4.79 Å². The second-order valence-electron chi connectivity index (χ2n) is 11.3. The summed E-state index contributed by atoms with van der Waals surface area (Å²) in [6.07, 6.45) is 10.7. The number of likely N-dealkylation sites (tertiary alicyclic amines) is 1. The van der Waals surface area contributed by atoms with Gasteiger partial charge in [0.1, 0.15) is 0 Å². The minimum absolute atomic E-state index is 0.0472. The highest BCUT2D eigenvalue weighted by molar-refractivity contribution is 5.75. The number of fused-ring (bicyclic) bond motifs is 1. The summed E-state index contributed by atoms with van der Waals surface area (Å²) < 4.78 is 1.74. The van der Waals surface area contributed by atoms with Crippen molar-refractivity contribution in [3.05, 3.63) is 54.0 Å². The van der Waals surface area contributed by atoms with E-state index in [2.05, 4.69) is 59.7 Å². The highest BCUT2D eigenvalue weighted by atomic mass is 16.2. The van der Waals surface area contributed by atoms with Crippen molar-refractivity contribution in [2.45, 2.75) is 58.9 Å².